The fourth-order valence-corrected chi connectivity index (χ4v) is 1.54. The first kappa shape index (κ1) is 11.8. The zero-order valence-corrected chi connectivity index (χ0v) is 10.8. The maximum atomic E-state index is 11.5. The molecule has 1 N–H and O–H groups in total. The van der Waals surface area contributed by atoms with E-state index in [0.717, 1.165) is 3.77 Å². The second-order valence-corrected chi connectivity index (χ2v) is 4.12. The van der Waals surface area contributed by atoms with Gasteiger partial charge < -0.3 is 4.42 Å². The highest BCUT2D eigenvalue weighted by atomic mass is 127. The molecule has 0 bridgehead atoms. The number of nitrogens with zero attached hydrogens (tertiary/aromatic N) is 2. The number of carbonyl (C=O) groups excluding carboxylic acids is 1. The summed E-state index contributed by atoms with van der Waals surface area (Å²) in [4.78, 5) is 15.4. The molecule has 1 amide bonds. The van der Waals surface area contributed by atoms with E-state index in [1.54, 1.807) is 30.5 Å². The molecule has 0 fully saturated rings. The molecule has 2 heterocycles. The van der Waals surface area contributed by atoms with E-state index >= 15 is 0 Å². The van der Waals surface area contributed by atoms with Crippen molar-refractivity contribution in [2.45, 2.75) is 0 Å². The van der Waals surface area contributed by atoms with Crippen LogP contribution in [0.1, 0.15) is 16.2 Å². The summed E-state index contributed by atoms with van der Waals surface area (Å²) in [5.74, 6) is 0.221. The van der Waals surface area contributed by atoms with E-state index in [4.69, 9.17) is 4.42 Å². The Balaban J connectivity index is 1.95. The number of carbonyl (C=O) groups is 1. The molecule has 17 heavy (non-hydrogen) atoms. The molecule has 0 unspecified atom stereocenters. The molecule has 2 aromatic rings. The van der Waals surface area contributed by atoms with Crippen LogP contribution in [-0.4, -0.2) is 17.1 Å². The topological polar surface area (TPSA) is 67.5 Å². The van der Waals surface area contributed by atoms with Crippen molar-refractivity contribution in [3.8, 4) is 0 Å². The molecule has 5 nitrogen and oxygen atoms in total. The second-order valence-electron chi connectivity index (χ2n) is 3.06. The normalized spacial score (nSPS) is 10.6. The zero-order chi connectivity index (χ0) is 12.1. The van der Waals surface area contributed by atoms with Gasteiger partial charge in [-0.05, 0) is 46.9 Å². The lowest BCUT2D eigenvalue weighted by molar-refractivity contribution is 0.0950. The standard InChI is InChI=1S/C11H8IN3O2/c12-10-5-4-8(17-10)7-14-15-11(16)9-3-1-2-6-13-9/h1-7H,(H,15,16)/b14-7+. The summed E-state index contributed by atoms with van der Waals surface area (Å²) >= 11 is 2.05. The fraction of sp³-hybridized carbons (Fsp3) is 0. The van der Waals surface area contributed by atoms with Crippen LogP contribution in [0.5, 0.6) is 0 Å². The van der Waals surface area contributed by atoms with Crippen molar-refractivity contribution in [1.82, 2.24) is 10.4 Å². The molecule has 86 valence electrons. The lowest BCUT2D eigenvalue weighted by atomic mass is 10.3. The van der Waals surface area contributed by atoms with Crippen molar-refractivity contribution in [2.24, 2.45) is 5.10 Å². The summed E-state index contributed by atoms with van der Waals surface area (Å²) in [6.45, 7) is 0. The first-order chi connectivity index (χ1) is 8.25. The van der Waals surface area contributed by atoms with Crippen LogP contribution in [0.4, 0.5) is 0 Å². The highest BCUT2D eigenvalue weighted by molar-refractivity contribution is 14.1. The van der Waals surface area contributed by atoms with E-state index in [2.05, 4.69) is 15.5 Å². The lowest BCUT2D eigenvalue weighted by Crippen LogP contribution is -2.18. The number of halogens is 1. The van der Waals surface area contributed by atoms with Crippen molar-refractivity contribution >= 4 is 34.7 Å². The minimum Gasteiger partial charge on any atom is -0.449 e. The summed E-state index contributed by atoms with van der Waals surface area (Å²) in [5.41, 5.74) is 2.68. The molecule has 2 rings (SSSR count). The van der Waals surface area contributed by atoms with E-state index in [-0.39, 0.29) is 5.91 Å². The molecule has 0 aliphatic carbocycles. The van der Waals surface area contributed by atoms with Crippen LogP contribution in [0, 0.1) is 3.77 Å². The molecule has 0 aromatic carbocycles. The van der Waals surface area contributed by atoms with Crippen LogP contribution in [0.25, 0.3) is 0 Å². The van der Waals surface area contributed by atoms with Gasteiger partial charge in [0.2, 0.25) is 0 Å². The summed E-state index contributed by atoms with van der Waals surface area (Å²) in [6, 6.07) is 8.66. The smallest absolute Gasteiger partial charge is 0.289 e. The number of aromatic nitrogens is 1. The van der Waals surface area contributed by atoms with Gasteiger partial charge in [-0.25, -0.2) is 5.43 Å². The molecule has 0 aliphatic heterocycles. The van der Waals surface area contributed by atoms with Gasteiger partial charge >= 0.3 is 0 Å². The summed E-state index contributed by atoms with van der Waals surface area (Å²) in [5, 5.41) is 3.77. The summed E-state index contributed by atoms with van der Waals surface area (Å²) < 4.78 is 6.01. The highest BCUT2D eigenvalue weighted by Gasteiger charge is 2.03. The second kappa shape index (κ2) is 5.58. The van der Waals surface area contributed by atoms with Gasteiger partial charge in [0.1, 0.15) is 11.5 Å². The van der Waals surface area contributed by atoms with Crippen LogP contribution in [-0.2, 0) is 0 Å². The monoisotopic (exact) mass is 341 g/mol. The maximum Gasteiger partial charge on any atom is 0.289 e. The Labute approximate surface area is 111 Å². The van der Waals surface area contributed by atoms with Gasteiger partial charge in [-0.15, -0.1) is 0 Å². The lowest BCUT2D eigenvalue weighted by Gasteiger charge is -1.96. The van der Waals surface area contributed by atoms with Crippen molar-refractivity contribution in [2.75, 3.05) is 0 Å². The minimum absolute atomic E-state index is 0.318. The van der Waals surface area contributed by atoms with Crippen LogP contribution < -0.4 is 5.43 Å². The molecule has 0 saturated carbocycles. The first-order valence-electron chi connectivity index (χ1n) is 4.75. The summed E-state index contributed by atoms with van der Waals surface area (Å²) in [6.07, 6.45) is 2.98. The van der Waals surface area contributed by atoms with Crippen molar-refractivity contribution in [3.05, 3.63) is 51.7 Å². The minimum atomic E-state index is -0.358. The van der Waals surface area contributed by atoms with Crippen molar-refractivity contribution < 1.29 is 9.21 Å². The Morgan fingerprint density at radius 1 is 1.41 bits per heavy atom. The fourth-order valence-electron chi connectivity index (χ4n) is 1.11. The molecule has 0 saturated heterocycles. The predicted octanol–water partition coefficient (Wildman–Crippen LogP) is 2.04. The Hall–Kier alpha value is -1.70. The quantitative estimate of drug-likeness (QED) is 0.528. The third-order valence-corrected chi connectivity index (χ3v) is 2.43. The van der Waals surface area contributed by atoms with E-state index in [1.807, 2.05) is 28.7 Å². The number of rotatable bonds is 3. The van der Waals surface area contributed by atoms with Crippen molar-refractivity contribution in [1.29, 1.82) is 0 Å². The molecule has 0 spiro atoms. The number of hydrogen-bond donors (Lipinski definition) is 1. The Morgan fingerprint density at radius 3 is 2.94 bits per heavy atom. The van der Waals surface area contributed by atoms with Gasteiger partial charge in [-0.2, -0.15) is 5.10 Å². The third kappa shape index (κ3) is 3.38. The van der Waals surface area contributed by atoms with Gasteiger partial charge in [0.05, 0.1) is 6.21 Å². The number of hydrazone groups is 1. The summed E-state index contributed by atoms with van der Waals surface area (Å²) in [7, 11) is 0. The SMILES string of the molecule is O=C(N/N=C/c1ccc(I)o1)c1ccccn1. The van der Waals surface area contributed by atoms with Crippen LogP contribution in [0.2, 0.25) is 0 Å². The Kier molecular flexibility index (Phi) is 3.86. The van der Waals surface area contributed by atoms with E-state index in [9.17, 15) is 4.79 Å². The molecule has 2 aromatic heterocycles. The van der Waals surface area contributed by atoms with E-state index in [1.165, 1.54) is 6.21 Å². The average molecular weight is 341 g/mol. The van der Waals surface area contributed by atoms with Gasteiger partial charge in [-0.1, -0.05) is 6.07 Å². The van der Waals surface area contributed by atoms with Gasteiger partial charge in [0.15, 0.2) is 3.77 Å². The number of pyridine rings is 1. The zero-order valence-electron chi connectivity index (χ0n) is 8.63. The van der Waals surface area contributed by atoms with E-state index < -0.39 is 0 Å². The number of amides is 1. The molecule has 0 aliphatic rings. The molecule has 6 heteroatoms. The maximum absolute atomic E-state index is 11.5. The van der Waals surface area contributed by atoms with Crippen molar-refractivity contribution in [3.63, 3.8) is 0 Å². The molecule has 0 atom stereocenters. The molecule has 0 radical (unpaired) electrons. The average Bonchev–Trinajstić information content (AvgIpc) is 2.76. The van der Waals surface area contributed by atoms with Gasteiger partial charge in [-0.3, -0.25) is 9.78 Å². The van der Waals surface area contributed by atoms with Crippen LogP contribution in [0.15, 0.2) is 46.0 Å². The van der Waals surface area contributed by atoms with Crippen LogP contribution >= 0.6 is 22.6 Å². The number of furan rings is 1. The number of hydrogen-bond acceptors (Lipinski definition) is 4. The largest absolute Gasteiger partial charge is 0.449 e. The molecular weight excluding hydrogens is 333 g/mol. The third-order valence-electron chi connectivity index (χ3n) is 1.85. The van der Waals surface area contributed by atoms with Gasteiger partial charge in [0.25, 0.3) is 5.91 Å². The predicted molar refractivity (Wildman–Crippen MR) is 70.7 cm³/mol. The van der Waals surface area contributed by atoms with Gasteiger partial charge in [0, 0.05) is 6.20 Å². The molecular formula is C11H8IN3O2. The first-order valence-corrected chi connectivity index (χ1v) is 5.83. The van der Waals surface area contributed by atoms with Crippen LogP contribution in [0.3, 0.4) is 0 Å². The highest BCUT2D eigenvalue weighted by Crippen LogP contribution is 2.07. The Bertz CT molecular complexity index is 537. The number of nitrogens with one attached hydrogen (secondary N) is 1. The Morgan fingerprint density at radius 2 is 2.29 bits per heavy atom. The van der Waals surface area contributed by atoms with E-state index in [0.29, 0.717) is 11.5 Å².